The van der Waals surface area contributed by atoms with Crippen molar-refractivity contribution in [2.24, 2.45) is 0 Å². The van der Waals surface area contributed by atoms with Gasteiger partial charge in [0.1, 0.15) is 0 Å². The molecular formula is C12H17ClN2O. The van der Waals surface area contributed by atoms with E-state index >= 15 is 0 Å². The molecule has 3 nitrogen and oxygen atoms in total. The zero-order valence-electron chi connectivity index (χ0n) is 9.66. The highest BCUT2D eigenvalue weighted by Crippen LogP contribution is 2.24. The third kappa shape index (κ3) is 2.86. The number of ether oxygens (including phenoxy) is 1. The van der Waals surface area contributed by atoms with Crippen LogP contribution in [0.15, 0.2) is 12.3 Å². The van der Waals surface area contributed by atoms with Gasteiger partial charge in [0.2, 0.25) is 0 Å². The highest BCUT2D eigenvalue weighted by atomic mass is 35.5. The molecule has 1 aliphatic rings. The molecule has 2 unspecified atom stereocenters. The molecule has 0 spiro atoms. The molecule has 1 aromatic rings. The first kappa shape index (κ1) is 11.7. The Balaban J connectivity index is 2.05. The predicted molar refractivity (Wildman–Crippen MR) is 66.0 cm³/mol. The van der Waals surface area contributed by atoms with E-state index in [9.17, 15) is 0 Å². The second-order valence-corrected chi connectivity index (χ2v) is 4.76. The normalized spacial score (nSPS) is 25.4. The van der Waals surface area contributed by atoms with Gasteiger partial charge >= 0.3 is 0 Å². The molecule has 1 saturated heterocycles. The Hall–Kier alpha value is -0.800. The van der Waals surface area contributed by atoms with E-state index in [4.69, 9.17) is 16.3 Å². The fourth-order valence-corrected chi connectivity index (χ4v) is 2.16. The molecule has 1 N–H and O–H groups in total. The van der Waals surface area contributed by atoms with Crippen molar-refractivity contribution in [3.8, 4) is 0 Å². The van der Waals surface area contributed by atoms with Crippen LogP contribution >= 0.6 is 11.6 Å². The van der Waals surface area contributed by atoms with Crippen LogP contribution in [-0.2, 0) is 4.74 Å². The van der Waals surface area contributed by atoms with Crippen molar-refractivity contribution < 1.29 is 4.74 Å². The third-order valence-corrected chi connectivity index (χ3v) is 3.12. The summed E-state index contributed by atoms with van der Waals surface area (Å²) in [6.07, 6.45) is 4.14. The SMILES string of the molecule is Cc1cnc(Cl)c(NC2CCOC(C)C2)c1. The summed E-state index contributed by atoms with van der Waals surface area (Å²) in [6, 6.07) is 2.47. The summed E-state index contributed by atoms with van der Waals surface area (Å²) >= 11 is 6.05. The van der Waals surface area contributed by atoms with Crippen LogP contribution < -0.4 is 5.32 Å². The first-order valence-corrected chi connectivity index (χ1v) is 6.03. The smallest absolute Gasteiger partial charge is 0.152 e. The maximum Gasteiger partial charge on any atom is 0.152 e. The van der Waals surface area contributed by atoms with E-state index in [1.807, 2.05) is 13.0 Å². The average Bonchev–Trinajstić information content (AvgIpc) is 2.24. The molecule has 4 heteroatoms. The van der Waals surface area contributed by atoms with Crippen molar-refractivity contribution in [1.82, 2.24) is 4.98 Å². The van der Waals surface area contributed by atoms with Gasteiger partial charge in [0, 0.05) is 18.8 Å². The number of nitrogens with zero attached hydrogens (tertiary/aromatic N) is 1. The quantitative estimate of drug-likeness (QED) is 0.807. The van der Waals surface area contributed by atoms with E-state index in [2.05, 4.69) is 17.2 Å². The number of pyridine rings is 1. The molecule has 88 valence electrons. The van der Waals surface area contributed by atoms with Crippen LogP contribution in [0.1, 0.15) is 25.3 Å². The lowest BCUT2D eigenvalue weighted by molar-refractivity contribution is 0.0232. The maximum absolute atomic E-state index is 6.05. The van der Waals surface area contributed by atoms with Gasteiger partial charge in [-0.1, -0.05) is 11.6 Å². The summed E-state index contributed by atoms with van der Waals surface area (Å²) in [5, 5.41) is 3.99. The molecule has 2 heterocycles. The van der Waals surface area contributed by atoms with E-state index in [1.165, 1.54) is 0 Å². The molecule has 0 bridgehead atoms. The molecular weight excluding hydrogens is 224 g/mol. The van der Waals surface area contributed by atoms with Crippen molar-refractivity contribution in [2.75, 3.05) is 11.9 Å². The van der Waals surface area contributed by atoms with Crippen molar-refractivity contribution in [1.29, 1.82) is 0 Å². The third-order valence-electron chi connectivity index (χ3n) is 2.82. The molecule has 2 atom stereocenters. The van der Waals surface area contributed by atoms with Gasteiger partial charge in [0.05, 0.1) is 11.8 Å². The van der Waals surface area contributed by atoms with Gasteiger partial charge < -0.3 is 10.1 Å². The van der Waals surface area contributed by atoms with Gasteiger partial charge in [0.15, 0.2) is 5.15 Å². The van der Waals surface area contributed by atoms with Crippen LogP contribution in [0.5, 0.6) is 0 Å². The number of hydrogen-bond acceptors (Lipinski definition) is 3. The number of rotatable bonds is 2. The van der Waals surface area contributed by atoms with Crippen LogP contribution in [0.25, 0.3) is 0 Å². The number of hydrogen-bond donors (Lipinski definition) is 1. The fourth-order valence-electron chi connectivity index (χ4n) is 2.00. The van der Waals surface area contributed by atoms with Crippen LogP contribution in [0, 0.1) is 6.92 Å². The highest BCUT2D eigenvalue weighted by molar-refractivity contribution is 6.31. The summed E-state index contributed by atoms with van der Waals surface area (Å²) in [5.74, 6) is 0. The minimum atomic E-state index is 0.322. The maximum atomic E-state index is 6.05. The van der Waals surface area contributed by atoms with Crippen LogP contribution in [-0.4, -0.2) is 23.7 Å². The monoisotopic (exact) mass is 240 g/mol. The molecule has 0 amide bonds. The van der Waals surface area contributed by atoms with Gasteiger partial charge in [-0.15, -0.1) is 0 Å². The number of anilines is 1. The summed E-state index contributed by atoms with van der Waals surface area (Å²) < 4.78 is 5.51. The Bertz CT molecular complexity index is 370. The molecule has 0 saturated carbocycles. The lowest BCUT2D eigenvalue weighted by Crippen LogP contribution is -2.32. The molecule has 0 aromatic carbocycles. The van der Waals surface area contributed by atoms with E-state index in [1.54, 1.807) is 6.20 Å². The Labute approximate surface area is 101 Å². The molecule has 0 aliphatic carbocycles. The Morgan fingerprint density at radius 3 is 3.12 bits per heavy atom. The van der Waals surface area contributed by atoms with Crippen molar-refractivity contribution in [3.63, 3.8) is 0 Å². The zero-order chi connectivity index (χ0) is 11.5. The van der Waals surface area contributed by atoms with Gasteiger partial charge in [-0.05, 0) is 38.3 Å². The van der Waals surface area contributed by atoms with E-state index in [-0.39, 0.29) is 0 Å². The Kier molecular flexibility index (Phi) is 3.66. The van der Waals surface area contributed by atoms with E-state index < -0.39 is 0 Å². The van der Waals surface area contributed by atoms with Crippen molar-refractivity contribution in [2.45, 2.75) is 38.8 Å². The minimum absolute atomic E-state index is 0.322. The van der Waals surface area contributed by atoms with Crippen LogP contribution in [0.3, 0.4) is 0 Å². The Morgan fingerprint density at radius 1 is 1.56 bits per heavy atom. The van der Waals surface area contributed by atoms with Gasteiger partial charge in [0.25, 0.3) is 0 Å². The van der Waals surface area contributed by atoms with Gasteiger partial charge in [-0.3, -0.25) is 0 Å². The minimum Gasteiger partial charge on any atom is -0.380 e. The highest BCUT2D eigenvalue weighted by Gasteiger charge is 2.19. The largest absolute Gasteiger partial charge is 0.380 e. The first-order valence-electron chi connectivity index (χ1n) is 5.65. The van der Waals surface area contributed by atoms with Crippen molar-refractivity contribution >= 4 is 17.3 Å². The molecule has 2 rings (SSSR count). The lowest BCUT2D eigenvalue weighted by Gasteiger charge is -2.28. The predicted octanol–water partition coefficient (Wildman–Crippen LogP) is 3.02. The second-order valence-electron chi connectivity index (χ2n) is 4.40. The topological polar surface area (TPSA) is 34.2 Å². The molecule has 1 aliphatic heterocycles. The number of aromatic nitrogens is 1. The summed E-state index contributed by atoms with van der Waals surface area (Å²) in [7, 11) is 0. The first-order chi connectivity index (χ1) is 7.65. The lowest BCUT2D eigenvalue weighted by atomic mass is 10.0. The van der Waals surface area contributed by atoms with Gasteiger partial charge in [-0.25, -0.2) is 4.98 Å². The van der Waals surface area contributed by atoms with Crippen LogP contribution in [0.2, 0.25) is 5.15 Å². The molecule has 0 radical (unpaired) electrons. The molecule has 1 fully saturated rings. The fraction of sp³-hybridized carbons (Fsp3) is 0.583. The zero-order valence-corrected chi connectivity index (χ0v) is 10.4. The molecule has 1 aromatic heterocycles. The average molecular weight is 241 g/mol. The van der Waals surface area contributed by atoms with E-state index in [0.29, 0.717) is 17.3 Å². The van der Waals surface area contributed by atoms with Gasteiger partial charge in [-0.2, -0.15) is 0 Å². The summed E-state index contributed by atoms with van der Waals surface area (Å²) in [5.41, 5.74) is 2.05. The summed E-state index contributed by atoms with van der Waals surface area (Å²) in [6.45, 7) is 4.93. The second kappa shape index (κ2) is 5.02. The molecule has 16 heavy (non-hydrogen) atoms. The number of aryl methyl sites for hydroxylation is 1. The summed E-state index contributed by atoms with van der Waals surface area (Å²) in [4.78, 5) is 4.13. The Morgan fingerprint density at radius 2 is 2.38 bits per heavy atom. The number of nitrogens with one attached hydrogen (secondary N) is 1. The number of halogens is 1. The van der Waals surface area contributed by atoms with Crippen LogP contribution in [0.4, 0.5) is 5.69 Å². The van der Waals surface area contributed by atoms with Crippen molar-refractivity contribution in [3.05, 3.63) is 23.0 Å². The standard InChI is InChI=1S/C12H17ClN2O/c1-8-5-11(12(13)14-7-8)15-10-3-4-16-9(2)6-10/h5,7,9-10,15H,3-4,6H2,1-2H3. The van der Waals surface area contributed by atoms with E-state index in [0.717, 1.165) is 30.7 Å².